The third-order valence-electron chi connectivity index (χ3n) is 13.7. The van der Waals surface area contributed by atoms with Gasteiger partial charge in [0.05, 0.1) is 16.7 Å². The molecule has 1 amide bonds. The normalized spacial score (nSPS) is 16.3. The highest BCUT2D eigenvalue weighted by atomic mass is 16.5. The summed E-state index contributed by atoms with van der Waals surface area (Å²) in [6.07, 6.45) is 1.79. The summed E-state index contributed by atoms with van der Waals surface area (Å²) >= 11 is 0. The van der Waals surface area contributed by atoms with Gasteiger partial charge in [-0.25, -0.2) is 9.59 Å². The lowest BCUT2D eigenvalue weighted by Gasteiger charge is -2.23. The summed E-state index contributed by atoms with van der Waals surface area (Å²) in [5.74, 6) is -1.51. The molecule has 2 aliphatic carbocycles. The van der Waals surface area contributed by atoms with Gasteiger partial charge in [-0.15, -0.1) is 0 Å². The topological polar surface area (TPSA) is 136 Å². The second-order valence-corrected chi connectivity index (χ2v) is 18.7. The maximum atomic E-state index is 15.7. The third-order valence-corrected chi connectivity index (χ3v) is 13.7. The molecule has 0 saturated heterocycles. The van der Waals surface area contributed by atoms with E-state index in [-0.39, 0.29) is 89.7 Å². The van der Waals surface area contributed by atoms with Crippen molar-refractivity contribution < 1.29 is 47.6 Å². The Labute approximate surface area is 436 Å². The summed E-state index contributed by atoms with van der Waals surface area (Å²) in [5, 5.41) is 3.22. The standard InChI is InChI=1S/C64H55NO10/c66-60(58-53(64(69)74-42-47-25-14-5-15-26-47)27-16-28-55(58)71-39-44-19-8-2-9-20-44)59-56(72-40-45-21-10-3-11-22-45)36-50(37-57(59)73-41-46-23-12-4-13-24-46)63(68)75-61-49-31-34-52(61)54(35-49)65-62(67)48-29-32-51(33-30-48)70-38-43-17-6-1-7-18-43/h1-30,32-33,36-37,49,52,54,61H,31,34-35,38-42H2,(H,65,67). The van der Waals surface area contributed by atoms with Crippen molar-refractivity contribution in [2.75, 3.05) is 0 Å². The number of fused-ring (bicyclic) bond motifs is 2. The van der Waals surface area contributed by atoms with Crippen molar-refractivity contribution in [3.05, 3.63) is 262 Å². The van der Waals surface area contributed by atoms with Gasteiger partial charge in [-0.1, -0.05) is 158 Å². The van der Waals surface area contributed by atoms with Crippen LogP contribution in [0.3, 0.4) is 0 Å². The van der Waals surface area contributed by atoms with Gasteiger partial charge >= 0.3 is 11.9 Å². The largest absolute Gasteiger partial charge is 0.489 e. The molecule has 4 atom stereocenters. The van der Waals surface area contributed by atoms with E-state index in [4.69, 9.17) is 28.4 Å². The summed E-state index contributed by atoms with van der Waals surface area (Å²) in [6.45, 7) is 0.513. The zero-order chi connectivity index (χ0) is 51.3. The van der Waals surface area contributed by atoms with Crippen molar-refractivity contribution >= 4 is 23.6 Å². The van der Waals surface area contributed by atoms with Crippen LogP contribution in [-0.2, 0) is 42.5 Å². The number of ketones is 1. The van der Waals surface area contributed by atoms with E-state index in [0.29, 0.717) is 24.3 Å². The zero-order valence-electron chi connectivity index (χ0n) is 41.2. The molecule has 2 aliphatic rings. The number of nitrogens with one attached hydrogen (secondary N) is 1. The highest BCUT2D eigenvalue weighted by molar-refractivity contribution is 6.19. The van der Waals surface area contributed by atoms with E-state index in [9.17, 15) is 14.4 Å². The monoisotopic (exact) mass is 997 g/mol. The van der Waals surface area contributed by atoms with E-state index in [2.05, 4.69) is 5.32 Å². The van der Waals surface area contributed by atoms with Crippen LogP contribution in [0.1, 0.15) is 94.1 Å². The van der Waals surface area contributed by atoms with Crippen molar-refractivity contribution in [2.24, 2.45) is 11.8 Å². The molecule has 0 heterocycles. The minimum absolute atomic E-state index is 0.0213. The van der Waals surface area contributed by atoms with Gasteiger partial charge in [-0.2, -0.15) is 0 Å². The lowest BCUT2D eigenvalue weighted by atomic mass is 9.94. The molecule has 10 rings (SSSR count). The molecule has 0 aromatic heterocycles. The van der Waals surface area contributed by atoms with E-state index in [0.717, 1.165) is 40.7 Å². The van der Waals surface area contributed by atoms with Crippen LogP contribution in [0.4, 0.5) is 0 Å². The lowest BCUT2D eigenvalue weighted by Crippen LogP contribution is -2.40. The third kappa shape index (κ3) is 12.3. The number of ether oxygens (including phenoxy) is 6. The Hall–Kier alpha value is -8.96. The Bertz CT molecular complexity index is 3160. The first-order valence-corrected chi connectivity index (χ1v) is 25.2. The van der Waals surface area contributed by atoms with E-state index in [1.54, 1.807) is 36.4 Å². The number of hydrogen-bond acceptors (Lipinski definition) is 10. The molecule has 0 aliphatic heterocycles. The van der Waals surface area contributed by atoms with E-state index >= 15 is 4.79 Å². The Kier molecular flexibility index (Phi) is 15.7. The molecule has 1 N–H and O–H groups in total. The Morgan fingerprint density at radius 3 is 1.44 bits per heavy atom. The van der Waals surface area contributed by atoms with Crippen molar-refractivity contribution in [3.8, 4) is 23.0 Å². The van der Waals surface area contributed by atoms with Gasteiger partial charge in [-0.3, -0.25) is 9.59 Å². The SMILES string of the molecule is O=C(NC1CC2CCC1C2OC(=O)c1cc(OCc2ccccc2)c(C(=O)c2c(OCc3ccccc3)cccc2C(=O)OCc2ccccc2)c(OCc2ccccc2)c1)c1ccc(OCc2ccccc2)cc1. The van der Waals surface area contributed by atoms with Gasteiger partial charge in [0.1, 0.15) is 67.7 Å². The lowest BCUT2D eigenvalue weighted by molar-refractivity contribution is 0.0176. The smallest absolute Gasteiger partial charge is 0.339 e. The van der Waals surface area contributed by atoms with Gasteiger partial charge in [0.2, 0.25) is 5.78 Å². The molecule has 8 aromatic carbocycles. The predicted molar refractivity (Wildman–Crippen MR) is 283 cm³/mol. The average Bonchev–Trinajstić information content (AvgIpc) is 4.00. The van der Waals surface area contributed by atoms with Gasteiger partial charge in [0.25, 0.3) is 5.91 Å². The fraction of sp³-hybridized carbons (Fsp3) is 0.188. The Morgan fingerprint density at radius 1 is 0.440 bits per heavy atom. The number of rotatable bonds is 21. The number of amides is 1. The minimum atomic E-state index is -0.742. The highest BCUT2D eigenvalue weighted by Crippen LogP contribution is 2.47. The summed E-state index contributed by atoms with van der Waals surface area (Å²) < 4.78 is 37.7. The number of esters is 2. The Morgan fingerprint density at radius 2 is 0.920 bits per heavy atom. The molecule has 75 heavy (non-hydrogen) atoms. The van der Waals surface area contributed by atoms with Crippen molar-refractivity contribution in [2.45, 2.75) is 64.4 Å². The van der Waals surface area contributed by atoms with E-state index in [1.165, 1.54) is 18.2 Å². The molecule has 376 valence electrons. The second kappa shape index (κ2) is 23.7. The molecule has 11 heteroatoms. The molecular weight excluding hydrogens is 943 g/mol. The van der Waals surface area contributed by atoms with Gasteiger partial charge in [-0.05, 0) is 102 Å². The molecule has 2 fully saturated rings. The Balaban J connectivity index is 0.956. The molecule has 0 spiro atoms. The number of hydrogen-bond donors (Lipinski definition) is 1. The zero-order valence-corrected chi connectivity index (χ0v) is 41.2. The number of benzene rings is 8. The summed E-state index contributed by atoms with van der Waals surface area (Å²) in [6, 6.07) is 62.1. The summed E-state index contributed by atoms with van der Waals surface area (Å²) in [7, 11) is 0. The molecule has 2 saturated carbocycles. The van der Waals surface area contributed by atoms with E-state index in [1.807, 2.05) is 152 Å². The minimum Gasteiger partial charge on any atom is -0.489 e. The quantitative estimate of drug-likeness (QED) is 0.0547. The fourth-order valence-corrected chi connectivity index (χ4v) is 9.85. The van der Waals surface area contributed by atoms with Crippen LogP contribution in [0.25, 0.3) is 0 Å². The number of carbonyl (C=O) groups excluding carboxylic acids is 4. The first-order valence-electron chi connectivity index (χ1n) is 25.2. The van der Waals surface area contributed by atoms with Crippen LogP contribution in [-0.4, -0.2) is 35.8 Å². The first-order chi connectivity index (χ1) is 36.8. The van der Waals surface area contributed by atoms with Crippen LogP contribution in [0.15, 0.2) is 206 Å². The molecular formula is C64H55NO10. The predicted octanol–water partition coefficient (Wildman–Crippen LogP) is 12.3. The van der Waals surface area contributed by atoms with Crippen LogP contribution in [0.2, 0.25) is 0 Å². The second-order valence-electron chi connectivity index (χ2n) is 18.7. The number of carbonyl (C=O) groups is 4. The molecule has 8 aromatic rings. The highest BCUT2D eigenvalue weighted by Gasteiger charge is 2.51. The first kappa shape index (κ1) is 49.6. The van der Waals surface area contributed by atoms with Crippen LogP contribution in [0, 0.1) is 11.8 Å². The summed E-state index contributed by atoms with van der Waals surface area (Å²) in [5.41, 5.74) is 4.71. The average molecular weight is 998 g/mol. The molecule has 11 nitrogen and oxygen atoms in total. The van der Waals surface area contributed by atoms with Crippen molar-refractivity contribution in [3.63, 3.8) is 0 Å². The molecule has 2 bridgehead atoms. The van der Waals surface area contributed by atoms with Gasteiger partial charge in [0, 0.05) is 17.5 Å². The van der Waals surface area contributed by atoms with Crippen LogP contribution >= 0.6 is 0 Å². The summed E-state index contributed by atoms with van der Waals surface area (Å²) in [4.78, 5) is 58.2. The maximum Gasteiger partial charge on any atom is 0.339 e. The maximum absolute atomic E-state index is 15.7. The van der Waals surface area contributed by atoms with E-state index < -0.39 is 23.8 Å². The van der Waals surface area contributed by atoms with Gasteiger partial charge in [0.15, 0.2) is 0 Å². The van der Waals surface area contributed by atoms with Gasteiger partial charge < -0.3 is 33.7 Å². The fourth-order valence-electron chi connectivity index (χ4n) is 9.85. The molecule has 4 unspecified atom stereocenters. The van der Waals surface area contributed by atoms with Crippen LogP contribution < -0.4 is 24.3 Å². The van der Waals surface area contributed by atoms with Crippen molar-refractivity contribution in [1.29, 1.82) is 0 Å². The van der Waals surface area contributed by atoms with Crippen molar-refractivity contribution in [1.82, 2.24) is 5.32 Å². The van der Waals surface area contributed by atoms with Crippen LogP contribution in [0.5, 0.6) is 23.0 Å². The molecule has 0 radical (unpaired) electrons.